The summed E-state index contributed by atoms with van der Waals surface area (Å²) in [6.07, 6.45) is 4.39. The zero-order valence-corrected chi connectivity index (χ0v) is 17.1. The zero-order valence-electron chi connectivity index (χ0n) is 17.1. The molecule has 1 radical (unpaired) electrons. The first kappa shape index (κ1) is 20.3. The van der Waals surface area contributed by atoms with Crippen molar-refractivity contribution in [2.45, 2.75) is 25.9 Å². The molecule has 0 fully saturated rings. The van der Waals surface area contributed by atoms with Gasteiger partial charge in [-0.05, 0) is 5.56 Å². The van der Waals surface area contributed by atoms with E-state index in [2.05, 4.69) is 24.3 Å². The molecule has 4 rings (SSSR count). The van der Waals surface area contributed by atoms with Crippen LogP contribution in [-0.4, -0.2) is 60.4 Å². The van der Waals surface area contributed by atoms with E-state index in [4.69, 9.17) is 12.2 Å². The van der Waals surface area contributed by atoms with E-state index in [-0.39, 0.29) is 11.9 Å². The second-order valence-corrected chi connectivity index (χ2v) is 7.79. The van der Waals surface area contributed by atoms with Gasteiger partial charge in [0.15, 0.2) is 0 Å². The van der Waals surface area contributed by atoms with Gasteiger partial charge in [-0.1, -0.05) is 30.3 Å². The molecule has 0 spiro atoms. The van der Waals surface area contributed by atoms with Crippen LogP contribution in [0.1, 0.15) is 28.7 Å². The number of hydrogen-bond donors (Lipinski definition) is 1. The zero-order chi connectivity index (χ0) is 20.9. The van der Waals surface area contributed by atoms with Crippen LogP contribution in [-0.2, 0) is 24.2 Å². The molecule has 2 aliphatic heterocycles. The summed E-state index contributed by atoms with van der Waals surface area (Å²) in [6.45, 7) is 2.96. The van der Waals surface area contributed by atoms with Crippen LogP contribution in [0.15, 0.2) is 54.6 Å². The average molecular weight is 401 g/mol. The van der Waals surface area contributed by atoms with E-state index >= 15 is 0 Å². The van der Waals surface area contributed by atoms with Gasteiger partial charge in [0.25, 0.3) is 0 Å². The van der Waals surface area contributed by atoms with E-state index in [9.17, 15) is 9.90 Å². The predicted octanol–water partition coefficient (Wildman–Crippen LogP) is 3.14. The molecule has 0 unspecified atom stereocenters. The van der Waals surface area contributed by atoms with Crippen molar-refractivity contribution in [3.05, 3.63) is 76.9 Å². The van der Waals surface area contributed by atoms with Crippen LogP contribution < -0.4 is 0 Å². The summed E-state index contributed by atoms with van der Waals surface area (Å²) in [7, 11) is 5.56. The Balaban J connectivity index is 1.37. The van der Waals surface area contributed by atoms with Gasteiger partial charge in [-0.3, -0.25) is 0 Å². The Labute approximate surface area is 178 Å². The van der Waals surface area contributed by atoms with E-state index in [0.29, 0.717) is 19.7 Å². The Kier molecular flexibility index (Phi) is 6.22. The quantitative estimate of drug-likeness (QED) is 0.800. The SMILES string of the molecule is [B]=C(O)N1CCc2ccc(C3=CCN(C(=O)OCc4ccccc4)CC3)cc2CC1. The minimum atomic E-state index is -0.269. The van der Waals surface area contributed by atoms with E-state index < -0.39 is 0 Å². The van der Waals surface area contributed by atoms with Crippen molar-refractivity contribution in [1.29, 1.82) is 0 Å². The summed E-state index contributed by atoms with van der Waals surface area (Å²) in [6, 6.07) is 16.3. The maximum atomic E-state index is 12.4. The molecular formula is C24H26BN2O3. The third kappa shape index (κ3) is 4.75. The van der Waals surface area contributed by atoms with E-state index in [1.807, 2.05) is 35.2 Å². The minimum absolute atomic E-state index is 0.0998. The van der Waals surface area contributed by atoms with Crippen LogP contribution in [0.3, 0.4) is 0 Å². The van der Waals surface area contributed by atoms with E-state index in [1.165, 1.54) is 22.3 Å². The normalized spacial score (nSPS) is 16.3. The van der Waals surface area contributed by atoms with Crippen molar-refractivity contribution in [3.8, 4) is 0 Å². The summed E-state index contributed by atoms with van der Waals surface area (Å²) in [5, 5.41) is 9.58. The molecular weight excluding hydrogens is 375 g/mol. The molecule has 153 valence electrons. The van der Waals surface area contributed by atoms with Crippen molar-refractivity contribution in [2.75, 3.05) is 26.2 Å². The molecule has 0 bridgehead atoms. The molecule has 0 atom stereocenters. The van der Waals surface area contributed by atoms with Gasteiger partial charge in [0.2, 0.25) is 0 Å². The number of ether oxygens (including phenoxy) is 1. The van der Waals surface area contributed by atoms with Crippen LogP contribution in [0.4, 0.5) is 4.79 Å². The molecule has 0 saturated heterocycles. The number of nitrogens with zero attached hydrogens (tertiary/aromatic N) is 2. The van der Waals surface area contributed by atoms with Gasteiger partial charge in [0.05, 0.1) is 0 Å². The fourth-order valence-electron chi connectivity index (χ4n) is 4.06. The molecule has 0 saturated carbocycles. The Hall–Kier alpha value is -3.02. The number of amides is 1. The molecule has 2 heterocycles. The standard InChI is InChI=1S/C24H26BN2O3/c25-23(28)26-12-8-19-6-7-21(16-22(19)11-13-26)20-9-14-27(15-10-20)24(29)30-17-18-4-2-1-3-5-18/h1-7,9,16,28H,8,10-15,17H2. The molecule has 0 aliphatic carbocycles. The van der Waals surface area contributed by atoms with Crippen LogP contribution >= 0.6 is 0 Å². The number of aliphatic hydroxyl groups excluding tert-OH is 1. The second-order valence-electron chi connectivity index (χ2n) is 7.79. The molecule has 2 aromatic carbocycles. The maximum absolute atomic E-state index is 12.4. The van der Waals surface area contributed by atoms with Crippen molar-refractivity contribution in [3.63, 3.8) is 0 Å². The first-order chi connectivity index (χ1) is 14.6. The Morgan fingerprint density at radius 2 is 1.70 bits per heavy atom. The topological polar surface area (TPSA) is 53.0 Å². The molecule has 1 amide bonds. The number of rotatable bonds is 4. The number of carbonyl (C=O) groups is 1. The van der Waals surface area contributed by atoms with Gasteiger partial charge in [-0.2, -0.15) is 0 Å². The van der Waals surface area contributed by atoms with Gasteiger partial charge >= 0.3 is 126 Å². The molecule has 2 aromatic rings. The first-order valence-corrected chi connectivity index (χ1v) is 10.4. The fraction of sp³-hybridized carbons (Fsp3) is 0.333. The number of hydrogen-bond acceptors (Lipinski definition) is 4. The van der Waals surface area contributed by atoms with Crippen LogP contribution in [0.25, 0.3) is 5.57 Å². The third-order valence-electron chi connectivity index (χ3n) is 5.88. The van der Waals surface area contributed by atoms with Crippen molar-refractivity contribution >= 4 is 24.9 Å². The molecule has 0 aromatic heterocycles. The van der Waals surface area contributed by atoms with Gasteiger partial charge in [-0.25, -0.2) is 4.79 Å². The van der Waals surface area contributed by atoms with Gasteiger partial charge in [-0.15, -0.1) is 0 Å². The number of fused-ring (bicyclic) bond motifs is 1. The Morgan fingerprint density at radius 3 is 2.40 bits per heavy atom. The molecule has 6 heteroatoms. The van der Waals surface area contributed by atoms with Crippen molar-refractivity contribution < 1.29 is 14.6 Å². The molecule has 5 nitrogen and oxygen atoms in total. The fourth-order valence-corrected chi connectivity index (χ4v) is 4.06. The Bertz CT molecular complexity index is 958. The third-order valence-corrected chi connectivity index (χ3v) is 5.88. The van der Waals surface area contributed by atoms with Crippen molar-refractivity contribution in [2.24, 2.45) is 0 Å². The summed E-state index contributed by atoms with van der Waals surface area (Å²) in [4.78, 5) is 15.9. The molecule has 2 aliphatic rings. The Morgan fingerprint density at radius 1 is 0.967 bits per heavy atom. The van der Waals surface area contributed by atoms with Crippen LogP contribution in [0, 0.1) is 0 Å². The first-order valence-electron chi connectivity index (χ1n) is 10.4. The van der Waals surface area contributed by atoms with Gasteiger partial charge in [0, 0.05) is 0 Å². The molecule has 30 heavy (non-hydrogen) atoms. The number of carbonyl (C=O) groups excluding carboxylic acids is 1. The second kappa shape index (κ2) is 9.20. The summed E-state index contributed by atoms with van der Waals surface area (Å²) >= 11 is 0. The summed E-state index contributed by atoms with van der Waals surface area (Å²) in [5.41, 5.74) is 6.08. The average Bonchev–Trinajstić information content (AvgIpc) is 3.00. The predicted molar refractivity (Wildman–Crippen MR) is 119 cm³/mol. The van der Waals surface area contributed by atoms with E-state index in [0.717, 1.165) is 37.9 Å². The van der Waals surface area contributed by atoms with Crippen LogP contribution in [0.5, 0.6) is 0 Å². The molecule has 1 N–H and O–H groups in total. The summed E-state index contributed by atoms with van der Waals surface area (Å²) in [5.74, 6) is -0.0998. The number of aliphatic hydroxyl groups is 1. The van der Waals surface area contributed by atoms with E-state index in [1.54, 1.807) is 4.90 Å². The number of benzene rings is 2. The van der Waals surface area contributed by atoms with Gasteiger partial charge < -0.3 is 4.74 Å². The summed E-state index contributed by atoms with van der Waals surface area (Å²) < 4.78 is 5.45. The van der Waals surface area contributed by atoms with Gasteiger partial charge in [0.1, 0.15) is 6.61 Å². The van der Waals surface area contributed by atoms with Crippen molar-refractivity contribution in [1.82, 2.24) is 9.80 Å². The monoisotopic (exact) mass is 401 g/mol. The van der Waals surface area contributed by atoms with Crippen LogP contribution in [0.2, 0.25) is 0 Å².